The van der Waals surface area contributed by atoms with Gasteiger partial charge in [-0.1, -0.05) is 0 Å². The van der Waals surface area contributed by atoms with Crippen LogP contribution in [0.25, 0.3) is 0 Å². The van der Waals surface area contributed by atoms with Crippen LogP contribution in [0.4, 0.5) is 0 Å². The maximum absolute atomic E-state index is 11.2. The Bertz CT molecular complexity index is 364. The van der Waals surface area contributed by atoms with E-state index in [-0.39, 0.29) is 18.6 Å². The third-order valence-corrected chi connectivity index (χ3v) is 2.24. The molecule has 0 aliphatic carbocycles. The lowest BCUT2D eigenvalue weighted by Crippen LogP contribution is -2.38. The monoisotopic (exact) mass is 253 g/mol. The zero-order chi connectivity index (χ0) is 13.4. The minimum atomic E-state index is -0.150. The molecule has 0 aromatic heterocycles. The topological polar surface area (TPSA) is 56.8 Å². The Morgan fingerprint density at radius 1 is 1.22 bits per heavy atom. The summed E-state index contributed by atoms with van der Waals surface area (Å²) in [5, 5.41) is 2.76. The summed E-state index contributed by atoms with van der Waals surface area (Å²) < 4.78 is 15.3. The number of hydrogen-bond acceptors (Lipinski definition) is 4. The van der Waals surface area contributed by atoms with E-state index >= 15 is 0 Å². The number of ether oxygens (including phenoxy) is 3. The van der Waals surface area contributed by atoms with Crippen LogP contribution >= 0.6 is 0 Å². The van der Waals surface area contributed by atoms with Gasteiger partial charge in [0.15, 0.2) is 0 Å². The number of carbonyl (C=O) groups is 1. The van der Waals surface area contributed by atoms with Crippen molar-refractivity contribution in [2.45, 2.75) is 13.0 Å². The molecule has 5 heteroatoms. The Kier molecular flexibility index (Phi) is 6.00. The average molecular weight is 253 g/mol. The lowest BCUT2D eigenvalue weighted by molar-refractivity contribution is -0.125. The molecular formula is C13H19NO4. The van der Waals surface area contributed by atoms with Crippen LogP contribution in [0.1, 0.15) is 6.92 Å². The Labute approximate surface area is 107 Å². The molecule has 0 radical (unpaired) electrons. The molecule has 0 aliphatic rings. The number of hydrogen-bond donors (Lipinski definition) is 1. The lowest BCUT2D eigenvalue weighted by Gasteiger charge is -2.14. The minimum absolute atomic E-state index is 0.0624. The fourth-order valence-corrected chi connectivity index (χ4v) is 1.38. The molecule has 0 aliphatic heterocycles. The van der Waals surface area contributed by atoms with Crippen molar-refractivity contribution in [3.63, 3.8) is 0 Å². The van der Waals surface area contributed by atoms with Gasteiger partial charge in [0.25, 0.3) is 0 Å². The summed E-state index contributed by atoms with van der Waals surface area (Å²) in [5.41, 5.74) is 0. The van der Waals surface area contributed by atoms with Crippen molar-refractivity contribution in [2.75, 3.05) is 27.4 Å². The van der Waals surface area contributed by atoms with Crippen LogP contribution in [0.5, 0.6) is 11.5 Å². The number of nitrogens with one attached hydrogen (secondary N) is 1. The first-order valence-electron chi connectivity index (χ1n) is 5.71. The van der Waals surface area contributed by atoms with E-state index in [0.717, 1.165) is 11.5 Å². The maximum Gasteiger partial charge on any atom is 0.246 e. The smallest absolute Gasteiger partial charge is 0.246 e. The summed E-state index contributed by atoms with van der Waals surface area (Å²) in [5.74, 6) is 1.37. The van der Waals surface area contributed by atoms with Gasteiger partial charge in [-0.05, 0) is 31.2 Å². The van der Waals surface area contributed by atoms with Gasteiger partial charge in [0.2, 0.25) is 5.91 Å². The van der Waals surface area contributed by atoms with E-state index in [9.17, 15) is 4.79 Å². The van der Waals surface area contributed by atoms with Gasteiger partial charge < -0.3 is 19.5 Å². The molecule has 1 aromatic carbocycles. The fraction of sp³-hybridized carbons (Fsp3) is 0.462. The SMILES string of the molecule is COCC(=O)NC(C)COc1ccc(OC)cc1. The van der Waals surface area contributed by atoms with Crippen molar-refractivity contribution in [3.8, 4) is 11.5 Å². The van der Waals surface area contributed by atoms with Crippen molar-refractivity contribution < 1.29 is 19.0 Å². The summed E-state index contributed by atoms with van der Waals surface area (Å²) >= 11 is 0. The second-order valence-electron chi connectivity index (χ2n) is 3.89. The van der Waals surface area contributed by atoms with Gasteiger partial charge in [0.1, 0.15) is 24.7 Å². The Hall–Kier alpha value is -1.75. The number of benzene rings is 1. The predicted octanol–water partition coefficient (Wildman–Crippen LogP) is 1.23. The van der Waals surface area contributed by atoms with E-state index in [2.05, 4.69) is 5.32 Å². The molecule has 1 atom stereocenters. The molecular weight excluding hydrogens is 234 g/mol. The Balaban J connectivity index is 2.32. The summed E-state index contributed by atoms with van der Waals surface area (Å²) in [7, 11) is 3.10. The molecule has 1 unspecified atom stereocenters. The minimum Gasteiger partial charge on any atom is -0.497 e. The first-order chi connectivity index (χ1) is 8.65. The van der Waals surface area contributed by atoms with Crippen LogP contribution in [0, 0.1) is 0 Å². The molecule has 0 heterocycles. The van der Waals surface area contributed by atoms with E-state index in [4.69, 9.17) is 14.2 Å². The van der Waals surface area contributed by atoms with Gasteiger partial charge in [0, 0.05) is 7.11 Å². The van der Waals surface area contributed by atoms with E-state index in [1.165, 1.54) is 7.11 Å². The van der Waals surface area contributed by atoms with Crippen LogP contribution in [0.2, 0.25) is 0 Å². The van der Waals surface area contributed by atoms with E-state index in [1.54, 1.807) is 7.11 Å². The molecule has 1 N–H and O–H groups in total. The highest BCUT2D eigenvalue weighted by Crippen LogP contribution is 2.16. The van der Waals surface area contributed by atoms with Crippen LogP contribution in [-0.2, 0) is 9.53 Å². The zero-order valence-electron chi connectivity index (χ0n) is 10.9. The standard InChI is InChI=1S/C13H19NO4/c1-10(14-13(15)9-16-2)8-18-12-6-4-11(17-3)5-7-12/h4-7,10H,8-9H2,1-3H3,(H,14,15). The molecule has 0 saturated carbocycles. The van der Waals surface area contributed by atoms with Gasteiger partial charge in [-0.3, -0.25) is 4.79 Å². The van der Waals surface area contributed by atoms with Crippen LogP contribution < -0.4 is 14.8 Å². The maximum atomic E-state index is 11.2. The van der Waals surface area contributed by atoms with Crippen molar-refractivity contribution >= 4 is 5.91 Å². The second-order valence-corrected chi connectivity index (χ2v) is 3.89. The number of rotatable bonds is 7. The predicted molar refractivity (Wildman–Crippen MR) is 68.0 cm³/mol. The van der Waals surface area contributed by atoms with Gasteiger partial charge >= 0.3 is 0 Å². The molecule has 18 heavy (non-hydrogen) atoms. The number of carbonyl (C=O) groups excluding carboxylic acids is 1. The summed E-state index contributed by atoms with van der Waals surface area (Å²) in [6, 6.07) is 7.22. The molecule has 5 nitrogen and oxygen atoms in total. The molecule has 100 valence electrons. The highest BCUT2D eigenvalue weighted by molar-refractivity contribution is 5.77. The van der Waals surface area contributed by atoms with Gasteiger partial charge in [-0.2, -0.15) is 0 Å². The van der Waals surface area contributed by atoms with Crippen molar-refractivity contribution in [2.24, 2.45) is 0 Å². The third-order valence-electron chi connectivity index (χ3n) is 2.24. The second kappa shape index (κ2) is 7.55. The van der Waals surface area contributed by atoms with E-state index in [1.807, 2.05) is 31.2 Å². The third kappa shape index (κ3) is 5.05. The van der Waals surface area contributed by atoms with Gasteiger partial charge in [-0.25, -0.2) is 0 Å². The summed E-state index contributed by atoms with van der Waals surface area (Å²) in [4.78, 5) is 11.2. The zero-order valence-corrected chi connectivity index (χ0v) is 10.9. The quantitative estimate of drug-likeness (QED) is 0.794. The molecule has 0 bridgehead atoms. The largest absolute Gasteiger partial charge is 0.497 e. The highest BCUT2D eigenvalue weighted by atomic mass is 16.5. The van der Waals surface area contributed by atoms with E-state index in [0.29, 0.717) is 6.61 Å². The number of amides is 1. The average Bonchev–Trinajstić information content (AvgIpc) is 2.37. The van der Waals surface area contributed by atoms with Crippen LogP contribution in [-0.4, -0.2) is 39.4 Å². The Morgan fingerprint density at radius 3 is 2.39 bits per heavy atom. The first-order valence-corrected chi connectivity index (χ1v) is 5.71. The fourth-order valence-electron chi connectivity index (χ4n) is 1.38. The molecule has 1 aromatic rings. The van der Waals surface area contributed by atoms with Crippen LogP contribution in [0.3, 0.4) is 0 Å². The lowest BCUT2D eigenvalue weighted by atomic mass is 10.3. The molecule has 0 fully saturated rings. The van der Waals surface area contributed by atoms with Crippen LogP contribution in [0.15, 0.2) is 24.3 Å². The van der Waals surface area contributed by atoms with Crippen molar-refractivity contribution in [1.29, 1.82) is 0 Å². The van der Waals surface area contributed by atoms with Crippen molar-refractivity contribution in [1.82, 2.24) is 5.32 Å². The van der Waals surface area contributed by atoms with E-state index < -0.39 is 0 Å². The molecule has 1 amide bonds. The summed E-state index contributed by atoms with van der Waals surface area (Å²) in [6.45, 7) is 2.34. The highest BCUT2D eigenvalue weighted by Gasteiger charge is 2.07. The summed E-state index contributed by atoms with van der Waals surface area (Å²) in [6.07, 6.45) is 0. The normalized spacial score (nSPS) is 11.7. The molecule has 1 rings (SSSR count). The molecule has 0 spiro atoms. The molecule has 0 saturated heterocycles. The van der Waals surface area contributed by atoms with Gasteiger partial charge in [0.05, 0.1) is 13.2 Å². The first kappa shape index (κ1) is 14.3. The van der Waals surface area contributed by atoms with Gasteiger partial charge in [-0.15, -0.1) is 0 Å². The number of methoxy groups -OCH3 is 2. The van der Waals surface area contributed by atoms with Crippen molar-refractivity contribution in [3.05, 3.63) is 24.3 Å². The Morgan fingerprint density at radius 2 is 1.83 bits per heavy atom.